The summed E-state index contributed by atoms with van der Waals surface area (Å²) in [6.07, 6.45) is 1.35. The molecule has 2 rings (SSSR count). The molecule has 0 aliphatic carbocycles. The first-order chi connectivity index (χ1) is 8.70. The Morgan fingerprint density at radius 1 is 1.67 bits per heavy atom. The molecule has 1 aromatic heterocycles. The summed E-state index contributed by atoms with van der Waals surface area (Å²) in [6, 6.07) is 1.98. The SMILES string of the molecule is CCCN1CCOC(C(=O)Cc2sccc2Br)C1. The van der Waals surface area contributed by atoms with Gasteiger partial charge in [0.05, 0.1) is 6.61 Å². The molecule has 1 unspecified atom stereocenters. The van der Waals surface area contributed by atoms with Crippen LogP contribution in [0.1, 0.15) is 18.2 Å². The third-order valence-corrected chi connectivity index (χ3v) is 5.00. The van der Waals surface area contributed by atoms with E-state index in [0.717, 1.165) is 35.4 Å². The number of ether oxygens (including phenoxy) is 1. The van der Waals surface area contributed by atoms with E-state index in [9.17, 15) is 4.79 Å². The summed E-state index contributed by atoms with van der Waals surface area (Å²) in [5, 5.41) is 2.00. The van der Waals surface area contributed by atoms with Crippen LogP contribution in [0.4, 0.5) is 0 Å². The van der Waals surface area contributed by atoms with E-state index in [2.05, 4.69) is 27.8 Å². The molecule has 1 saturated heterocycles. The van der Waals surface area contributed by atoms with Crippen molar-refractivity contribution < 1.29 is 9.53 Å². The van der Waals surface area contributed by atoms with Gasteiger partial charge in [0.25, 0.3) is 0 Å². The average Bonchev–Trinajstić information content (AvgIpc) is 2.76. The minimum absolute atomic E-state index is 0.193. The van der Waals surface area contributed by atoms with Gasteiger partial charge in [-0.2, -0.15) is 0 Å². The monoisotopic (exact) mass is 331 g/mol. The fraction of sp³-hybridized carbons (Fsp3) is 0.615. The standard InChI is InChI=1S/C13H18BrNO2S/c1-2-4-15-5-6-17-12(9-15)11(16)8-13-10(14)3-7-18-13/h3,7,12H,2,4-6,8-9H2,1H3. The van der Waals surface area contributed by atoms with Gasteiger partial charge in [-0.15, -0.1) is 11.3 Å². The molecule has 0 bridgehead atoms. The Bertz CT molecular complexity index is 405. The quantitative estimate of drug-likeness (QED) is 0.830. The van der Waals surface area contributed by atoms with Crippen molar-refractivity contribution in [3.8, 4) is 0 Å². The van der Waals surface area contributed by atoms with E-state index in [-0.39, 0.29) is 11.9 Å². The molecule has 5 heteroatoms. The Morgan fingerprint density at radius 2 is 2.50 bits per heavy atom. The summed E-state index contributed by atoms with van der Waals surface area (Å²) in [5.74, 6) is 0.193. The van der Waals surface area contributed by atoms with Gasteiger partial charge in [-0.1, -0.05) is 6.92 Å². The molecule has 1 fully saturated rings. The first-order valence-electron chi connectivity index (χ1n) is 6.29. The van der Waals surface area contributed by atoms with Crippen LogP contribution in [0.15, 0.2) is 15.9 Å². The van der Waals surface area contributed by atoms with Crippen LogP contribution in [0.5, 0.6) is 0 Å². The number of halogens is 1. The van der Waals surface area contributed by atoms with E-state index in [1.54, 1.807) is 11.3 Å². The van der Waals surface area contributed by atoms with E-state index >= 15 is 0 Å². The lowest BCUT2D eigenvalue weighted by atomic mass is 10.1. The fourth-order valence-electron chi connectivity index (χ4n) is 2.14. The third kappa shape index (κ3) is 3.63. The summed E-state index contributed by atoms with van der Waals surface area (Å²) in [5.41, 5.74) is 0. The fourth-order valence-corrected chi connectivity index (χ4v) is 3.64. The van der Waals surface area contributed by atoms with Crippen LogP contribution < -0.4 is 0 Å². The van der Waals surface area contributed by atoms with Crippen LogP contribution in [-0.2, 0) is 16.0 Å². The number of carbonyl (C=O) groups is 1. The van der Waals surface area contributed by atoms with Gasteiger partial charge in [0.2, 0.25) is 0 Å². The maximum absolute atomic E-state index is 12.2. The second-order valence-corrected chi connectivity index (χ2v) is 6.35. The molecule has 100 valence electrons. The number of hydrogen-bond acceptors (Lipinski definition) is 4. The molecule has 0 radical (unpaired) electrons. The Labute approximate surface area is 120 Å². The minimum atomic E-state index is -0.251. The number of carbonyl (C=O) groups excluding carboxylic acids is 1. The molecule has 1 atom stereocenters. The molecule has 3 nitrogen and oxygen atoms in total. The molecule has 0 spiro atoms. The Balaban J connectivity index is 1.90. The topological polar surface area (TPSA) is 29.5 Å². The van der Waals surface area contributed by atoms with Gasteiger partial charge in [0.15, 0.2) is 5.78 Å². The lowest BCUT2D eigenvalue weighted by Gasteiger charge is -2.31. The summed E-state index contributed by atoms with van der Waals surface area (Å²) < 4.78 is 6.63. The highest BCUT2D eigenvalue weighted by Gasteiger charge is 2.26. The van der Waals surface area contributed by atoms with Crippen LogP contribution >= 0.6 is 27.3 Å². The van der Waals surface area contributed by atoms with Gasteiger partial charge in [0, 0.05) is 28.9 Å². The maximum atomic E-state index is 12.2. The van der Waals surface area contributed by atoms with Gasteiger partial charge in [-0.05, 0) is 40.3 Å². The summed E-state index contributed by atoms with van der Waals surface area (Å²) in [7, 11) is 0. The number of ketones is 1. The summed E-state index contributed by atoms with van der Waals surface area (Å²) >= 11 is 5.08. The van der Waals surface area contributed by atoms with E-state index < -0.39 is 0 Å². The number of thiophene rings is 1. The Kier molecular flexibility index (Phi) is 5.36. The van der Waals surface area contributed by atoms with Gasteiger partial charge < -0.3 is 4.74 Å². The summed E-state index contributed by atoms with van der Waals surface area (Å²) in [4.78, 5) is 15.6. The molecule has 18 heavy (non-hydrogen) atoms. The number of nitrogens with zero attached hydrogens (tertiary/aromatic N) is 1. The first-order valence-corrected chi connectivity index (χ1v) is 7.96. The second-order valence-electron chi connectivity index (χ2n) is 4.49. The third-order valence-electron chi connectivity index (χ3n) is 3.08. The molecule has 0 N–H and O–H groups in total. The molecule has 0 saturated carbocycles. The van der Waals surface area contributed by atoms with Gasteiger partial charge in [0.1, 0.15) is 6.10 Å². The Hall–Kier alpha value is -0.230. The van der Waals surface area contributed by atoms with Crippen LogP contribution in [0, 0.1) is 0 Å². The highest BCUT2D eigenvalue weighted by Crippen LogP contribution is 2.24. The highest BCUT2D eigenvalue weighted by atomic mass is 79.9. The Morgan fingerprint density at radius 3 is 3.17 bits per heavy atom. The molecule has 0 aromatic carbocycles. The van der Waals surface area contributed by atoms with Gasteiger partial charge in [-0.25, -0.2) is 0 Å². The number of Topliss-reactive ketones (excluding diaryl/α,β-unsaturated/α-hetero) is 1. The van der Waals surface area contributed by atoms with Crippen molar-refractivity contribution in [1.82, 2.24) is 4.90 Å². The zero-order chi connectivity index (χ0) is 13.0. The van der Waals surface area contributed by atoms with Crippen molar-refractivity contribution in [2.45, 2.75) is 25.9 Å². The second kappa shape index (κ2) is 6.80. The van der Waals surface area contributed by atoms with E-state index in [0.29, 0.717) is 13.0 Å². The first kappa shape index (κ1) is 14.2. The van der Waals surface area contributed by atoms with E-state index in [4.69, 9.17) is 4.74 Å². The smallest absolute Gasteiger partial charge is 0.168 e. The van der Waals surface area contributed by atoms with Crippen LogP contribution in [0.3, 0.4) is 0 Å². The predicted octanol–water partition coefficient (Wildman–Crippen LogP) is 2.73. The van der Waals surface area contributed by atoms with Crippen LogP contribution in [-0.4, -0.2) is 43.0 Å². The maximum Gasteiger partial charge on any atom is 0.168 e. The zero-order valence-electron chi connectivity index (χ0n) is 10.5. The number of hydrogen-bond donors (Lipinski definition) is 0. The average molecular weight is 332 g/mol. The van der Waals surface area contributed by atoms with E-state index in [1.807, 2.05) is 11.4 Å². The number of rotatable bonds is 5. The predicted molar refractivity (Wildman–Crippen MR) is 77.2 cm³/mol. The molecule has 0 amide bonds. The normalized spacial score (nSPS) is 21.1. The molecule has 1 aliphatic heterocycles. The molecule has 1 aliphatic rings. The number of morpholine rings is 1. The lowest BCUT2D eigenvalue weighted by Crippen LogP contribution is -2.46. The van der Waals surface area contributed by atoms with Crippen molar-refractivity contribution in [1.29, 1.82) is 0 Å². The van der Waals surface area contributed by atoms with Gasteiger partial charge >= 0.3 is 0 Å². The van der Waals surface area contributed by atoms with Crippen molar-refractivity contribution >= 4 is 33.0 Å². The van der Waals surface area contributed by atoms with Crippen molar-refractivity contribution in [3.63, 3.8) is 0 Å². The summed E-state index contributed by atoms with van der Waals surface area (Å²) in [6.45, 7) is 5.57. The van der Waals surface area contributed by atoms with Crippen LogP contribution in [0.25, 0.3) is 0 Å². The lowest BCUT2D eigenvalue weighted by molar-refractivity contribution is -0.135. The molecule has 1 aromatic rings. The largest absolute Gasteiger partial charge is 0.368 e. The molecular weight excluding hydrogens is 314 g/mol. The van der Waals surface area contributed by atoms with Crippen molar-refractivity contribution in [2.24, 2.45) is 0 Å². The van der Waals surface area contributed by atoms with Crippen molar-refractivity contribution in [3.05, 3.63) is 20.8 Å². The van der Waals surface area contributed by atoms with Crippen molar-refractivity contribution in [2.75, 3.05) is 26.2 Å². The molecule has 2 heterocycles. The zero-order valence-corrected chi connectivity index (χ0v) is 12.9. The van der Waals surface area contributed by atoms with Gasteiger partial charge in [-0.3, -0.25) is 9.69 Å². The van der Waals surface area contributed by atoms with Crippen LogP contribution in [0.2, 0.25) is 0 Å². The van der Waals surface area contributed by atoms with E-state index in [1.165, 1.54) is 0 Å². The highest BCUT2D eigenvalue weighted by molar-refractivity contribution is 9.10. The molecular formula is C13H18BrNO2S. The minimum Gasteiger partial charge on any atom is -0.368 e.